The van der Waals surface area contributed by atoms with Crippen LogP contribution in [-0.4, -0.2) is 17.7 Å². The van der Waals surface area contributed by atoms with Crippen molar-refractivity contribution in [1.29, 1.82) is 0 Å². The van der Waals surface area contributed by atoms with Crippen molar-refractivity contribution in [2.24, 2.45) is 0 Å². The number of aromatic carboxylic acids is 1. The van der Waals surface area contributed by atoms with E-state index >= 15 is 0 Å². The molecule has 0 amide bonds. The Morgan fingerprint density at radius 1 is 1.20 bits per heavy atom. The number of carboxylic acids is 1. The van der Waals surface area contributed by atoms with Gasteiger partial charge in [0, 0.05) is 10.6 Å². The predicted octanol–water partition coefficient (Wildman–Crippen LogP) is 4.03. The number of halogens is 1. The van der Waals surface area contributed by atoms with E-state index in [9.17, 15) is 4.79 Å². The van der Waals surface area contributed by atoms with Gasteiger partial charge in [0.2, 0.25) is 0 Å². The van der Waals surface area contributed by atoms with Crippen LogP contribution in [0.4, 0.5) is 0 Å². The van der Waals surface area contributed by atoms with E-state index in [4.69, 9.17) is 21.4 Å². The largest absolute Gasteiger partial charge is 0.493 e. The fourth-order valence-electron chi connectivity index (χ4n) is 2.41. The van der Waals surface area contributed by atoms with Gasteiger partial charge in [-0.25, -0.2) is 4.79 Å². The van der Waals surface area contributed by atoms with Gasteiger partial charge in [-0.1, -0.05) is 17.7 Å². The Bertz CT molecular complexity index is 679. The van der Waals surface area contributed by atoms with Crippen molar-refractivity contribution >= 4 is 17.6 Å². The summed E-state index contributed by atoms with van der Waals surface area (Å²) in [6, 6.07) is 10.6. The van der Waals surface area contributed by atoms with E-state index in [0.29, 0.717) is 5.02 Å². The summed E-state index contributed by atoms with van der Waals surface area (Å²) < 4.78 is 5.58. The quantitative estimate of drug-likeness (QED) is 0.907. The van der Waals surface area contributed by atoms with Crippen molar-refractivity contribution in [2.45, 2.75) is 12.8 Å². The zero-order valence-electron chi connectivity index (χ0n) is 10.7. The van der Waals surface area contributed by atoms with Crippen LogP contribution in [0.25, 0.3) is 11.1 Å². The van der Waals surface area contributed by atoms with Crippen LogP contribution in [0.2, 0.25) is 5.02 Å². The molecule has 3 nitrogen and oxygen atoms in total. The SMILES string of the molecule is O=C(O)c1ccc(Cl)c(-c2ccc3c(c2)CCCO3)c1. The van der Waals surface area contributed by atoms with E-state index in [1.807, 2.05) is 18.2 Å². The zero-order chi connectivity index (χ0) is 14.1. The number of carboxylic acid groups (broad SMARTS) is 1. The van der Waals surface area contributed by atoms with Crippen LogP contribution in [0, 0.1) is 0 Å². The maximum absolute atomic E-state index is 11.1. The van der Waals surface area contributed by atoms with Crippen molar-refractivity contribution in [3.63, 3.8) is 0 Å². The molecule has 2 aromatic carbocycles. The van der Waals surface area contributed by atoms with Crippen molar-refractivity contribution < 1.29 is 14.6 Å². The average molecular weight is 289 g/mol. The molecule has 0 aliphatic carbocycles. The fraction of sp³-hybridized carbons (Fsp3) is 0.188. The maximum atomic E-state index is 11.1. The number of benzene rings is 2. The van der Waals surface area contributed by atoms with Gasteiger partial charge in [0.1, 0.15) is 5.75 Å². The summed E-state index contributed by atoms with van der Waals surface area (Å²) in [5.41, 5.74) is 3.03. The molecule has 0 atom stereocenters. The minimum Gasteiger partial charge on any atom is -0.493 e. The molecule has 0 saturated carbocycles. The van der Waals surface area contributed by atoms with Gasteiger partial charge in [0.25, 0.3) is 0 Å². The van der Waals surface area contributed by atoms with Crippen molar-refractivity contribution in [3.05, 3.63) is 52.5 Å². The molecular formula is C16H13ClO3. The molecule has 0 radical (unpaired) electrons. The number of fused-ring (bicyclic) bond motifs is 1. The average Bonchev–Trinajstić information content (AvgIpc) is 2.47. The maximum Gasteiger partial charge on any atom is 0.335 e. The fourth-order valence-corrected chi connectivity index (χ4v) is 2.63. The first kappa shape index (κ1) is 13.0. The van der Waals surface area contributed by atoms with Gasteiger partial charge in [-0.05, 0) is 54.3 Å². The number of carbonyl (C=O) groups is 1. The van der Waals surface area contributed by atoms with E-state index in [-0.39, 0.29) is 5.56 Å². The summed E-state index contributed by atoms with van der Waals surface area (Å²) in [6.07, 6.45) is 1.97. The molecule has 3 rings (SSSR count). The molecule has 102 valence electrons. The highest BCUT2D eigenvalue weighted by molar-refractivity contribution is 6.33. The van der Waals surface area contributed by atoms with Crippen LogP contribution >= 0.6 is 11.6 Å². The van der Waals surface area contributed by atoms with Gasteiger partial charge in [-0.2, -0.15) is 0 Å². The molecular weight excluding hydrogens is 276 g/mol. The molecule has 0 spiro atoms. The Hall–Kier alpha value is -2.00. The van der Waals surface area contributed by atoms with Crippen molar-refractivity contribution in [1.82, 2.24) is 0 Å². The topological polar surface area (TPSA) is 46.5 Å². The summed E-state index contributed by atoms with van der Waals surface area (Å²) in [7, 11) is 0. The lowest BCUT2D eigenvalue weighted by atomic mass is 9.98. The van der Waals surface area contributed by atoms with E-state index in [1.165, 1.54) is 6.07 Å². The summed E-state index contributed by atoms with van der Waals surface area (Å²) in [5, 5.41) is 9.62. The molecule has 1 N–H and O–H groups in total. The lowest BCUT2D eigenvalue weighted by molar-refractivity contribution is 0.0697. The van der Waals surface area contributed by atoms with Crippen LogP contribution in [0.15, 0.2) is 36.4 Å². The molecule has 0 bridgehead atoms. The number of rotatable bonds is 2. The molecule has 0 aromatic heterocycles. The molecule has 0 unspecified atom stereocenters. The third kappa shape index (κ3) is 2.37. The molecule has 1 aliphatic heterocycles. The van der Waals surface area contributed by atoms with Gasteiger partial charge in [0.15, 0.2) is 0 Å². The van der Waals surface area contributed by atoms with Gasteiger partial charge >= 0.3 is 5.97 Å². The first-order valence-corrected chi connectivity index (χ1v) is 6.82. The highest BCUT2D eigenvalue weighted by Gasteiger charge is 2.14. The molecule has 4 heteroatoms. The second-order valence-corrected chi connectivity index (χ2v) is 5.18. The van der Waals surface area contributed by atoms with Gasteiger partial charge in [-0.15, -0.1) is 0 Å². The second kappa shape index (κ2) is 5.17. The zero-order valence-corrected chi connectivity index (χ0v) is 11.5. The summed E-state index contributed by atoms with van der Waals surface area (Å²) >= 11 is 6.19. The van der Waals surface area contributed by atoms with Crippen LogP contribution in [0.5, 0.6) is 5.75 Å². The van der Waals surface area contributed by atoms with Crippen LogP contribution in [0.3, 0.4) is 0 Å². The van der Waals surface area contributed by atoms with E-state index in [0.717, 1.165) is 41.9 Å². The first-order valence-electron chi connectivity index (χ1n) is 6.44. The van der Waals surface area contributed by atoms with E-state index in [1.54, 1.807) is 12.1 Å². The Kier molecular flexibility index (Phi) is 3.36. The van der Waals surface area contributed by atoms with E-state index in [2.05, 4.69) is 0 Å². The molecule has 0 fully saturated rings. The van der Waals surface area contributed by atoms with Crippen molar-refractivity contribution in [2.75, 3.05) is 6.61 Å². The predicted molar refractivity (Wildman–Crippen MR) is 77.7 cm³/mol. The smallest absolute Gasteiger partial charge is 0.335 e. The van der Waals surface area contributed by atoms with Crippen molar-refractivity contribution in [3.8, 4) is 16.9 Å². The third-order valence-corrected chi connectivity index (χ3v) is 3.76. The molecule has 0 saturated heterocycles. The summed E-state index contributed by atoms with van der Waals surface area (Å²) in [4.78, 5) is 11.1. The standard InChI is InChI=1S/C16H13ClO3/c17-14-5-3-12(16(18)19)9-13(14)10-4-6-15-11(8-10)2-1-7-20-15/h3-6,8-9H,1-2,7H2,(H,18,19). The van der Waals surface area contributed by atoms with Gasteiger partial charge < -0.3 is 9.84 Å². The number of ether oxygens (including phenoxy) is 1. The van der Waals surface area contributed by atoms with Crippen LogP contribution in [0.1, 0.15) is 22.3 Å². The molecule has 1 heterocycles. The monoisotopic (exact) mass is 288 g/mol. The Morgan fingerprint density at radius 2 is 2.05 bits per heavy atom. The first-order chi connectivity index (χ1) is 9.65. The Labute approximate surface area is 121 Å². The summed E-state index contributed by atoms with van der Waals surface area (Å²) in [6.45, 7) is 0.752. The lowest BCUT2D eigenvalue weighted by Gasteiger charge is -2.18. The molecule has 2 aromatic rings. The number of hydrogen-bond donors (Lipinski definition) is 1. The highest BCUT2D eigenvalue weighted by atomic mass is 35.5. The number of aryl methyl sites for hydroxylation is 1. The summed E-state index contributed by atoms with van der Waals surface area (Å²) in [5.74, 6) is -0.0466. The number of hydrogen-bond acceptors (Lipinski definition) is 2. The third-order valence-electron chi connectivity index (χ3n) is 3.43. The van der Waals surface area contributed by atoms with Gasteiger partial charge in [0.05, 0.1) is 12.2 Å². The Balaban J connectivity index is 2.08. The lowest BCUT2D eigenvalue weighted by Crippen LogP contribution is -2.08. The minimum absolute atomic E-state index is 0.235. The van der Waals surface area contributed by atoms with Crippen LogP contribution < -0.4 is 4.74 Å². The Morgan fingerprint density at radius 3 is 2.85 bits per heavy atom. The highest BCUT2D eigenvalue weighted by Crippen LogP contribution is 2.34. The van der Waals surface area contributed by atoms with Crippen LogP contribution in [-0.2, 0) is 6.42 Å². The molecule has 1 aliphatic rings. The minimum atomic E-state index is -0.954. The second-order valence-electron chi connectivity index (χ2n) is 4.77. The normalized spacial score (nSPS) is 13.4. The molecule has 20 heavy (non-hydrogen) atoms. The van der Waals surface area contributed by atoms with Gasteiger partial charge in [-0.3, -0.25) is 0 Å². The van der Waals surface area contributed by atoms with E-state index < -0.39 is 5.97 Å².